The van der Waals surface area contributed by atoms with Gasteiger partial charge >= 0.3 is 0 Å². The molecule has 1 aromatic carbocycles. The van der Waals surface area contributed by atoms with Crippen molar-refractivity contribution < 1.29 is 10.0 Å². The van der Waals surface area contributed by atoms with Crippen molar-refractivity contribution in [3.63, 3.8) is 0 Å². The highest BCUT2D eigenvalue weighted by atomic mass is 32.1. The van der Waals surface area contributed by atoms with Gasteiger partial charge in [-0.2, -0.15) is 0 Å². The van der Waals surface area contributed by atoms with Crippen molar-refractivity contribution in [1.29, 1.82) is 0 Å². The molecule has 6 heteroatoms. The number of nitrogens with zero attached hydrogens (tertiary/aromatic N) is 2. The molecule has 0 radical (unpaired) electrons. The van der Waals surface area contributed by atoms with E-state index in [1.807, 2.05) is 23.4 Å². The van der Waals surface area contributed by atoms with E-state index < -0.39 is 11.0 Å². The van der Waals surface area contributed by atoms with Gasteiger partial charge < -0.3 is 10.0 Å². The largest absolute Gasteiger partial charge is 0.389 e. The number of hydrogen-bond acceptors (Lipinski definition) is 5. The standard InChI is InChI=1S/C15H18N2O3S/c1-11(18)12-5-6-14(15(10-12)17(19)20)16(2)8-7-13-4-3-9-21-13/h3-6,9-11,18H,7-8H2,1-2H3/t11-/m0/s1. The van der Waals surface area contributed by atoms with E-state index in [-0.39, 0.29) is 5.69 Å². The van der Waals surface area contributed by atoms with Crippen LogP contribution in [0, 0.1) is 10.1 Å². The maximum atomic E-state index is 11.2. The van der Waals surface area contributed by atoms with Gasteiger partial charge in [-0.05, 0) is 36.4 Å². The summed E-state index contributed by atoms with van der Waals surface area (Å²) in [6.45, 7) is 2.30. The summed E-state index contributed by atoms with van der Waals surface area (Å²) in [6, 6.07) is 8.94. The average Bonchev–Trinajstić information content (AvgIpc) is 2.97. The topological polar surface area (TPSA) is 66.6 Å². The van der Waals surface area contributed by atoms with E-state index in [2.05, 4.69) is 6.07 Å². The van der Waals surface area contributed by atoms with Gasteiger partial charge in [0.05, 0.1) is 11.0 Å². The molecule has 0 fully saturated rings. The zero-order chi connectivity index (χ0) is 15.4. The van der Waals surface area contributed by atoms with Crippen molar-refractivity contribution in [1.82, 2.24) is 0 Å². The molecular formula is C15H18N2O3S. The van der Waals surface area contributed by atoms with Crippen molar-refractivity contribution in [2.45, 2.75) is 19.4 Å². The van der Waals surface area contributed by atoms with Crippen LogP contribution in [0.15, 0.2) is 35.7 Å². The zero-order valence-electron chi connectivity index (χ0n) is 12.0. The Morgan fingerprint density at radius 3 is 2.76 bits per heavy atom. The van der Waals surface area contributed by atoms with Crippen LogP contribution in [0.1, 0.15) is 23.5 Å². The van der Waals surface area contributed by atoms with E-state index in [0.29, 0.717) is 17.8 Å². The molecule has 21 heavy (non-hydrogen) atoms. The van der Waals surface area contributed by atoms with E-state index >= 15 is 0 Å². The van der Waals surface area contributed by atoms with Gasteiger partial charge in [-0.1, -0.05) is 12.1 Å². The van der Waals surface area contributed by atoms with Crippen LogP contribution < -0.4 is 4.90 Å². The van der Waals surface area contributed by atoms with Crippen molar-refractivity contribution >= 4 is 22.7 Å². The molecule has 0 spiro atoms. The smallest absolute Gasteiger partial charge is 0.292 e. The molecule has 0 aliphatic rings. The SMILES string of the molecule is C[C@H](O)c1ccc(N(C)CCc2cccs2)c([N+](=O)[O-])c1. The minimum atomic E-state index is -0.714. The number of aliphatic hydroxyl groups excluding tert-OH is 1. The van der Waals surface area contributed by atoms with Gasteiger partial charge in [0.1, 0.15) is 5.69 Å². The van der Waals surface area contributed by atoms with Crippen LogP contribution in [-0.4, -0.2) is 23.6 Å². The number of nitro groups is 1. The number of anilines is 1. The van der Waals surface area contributed by atoms with Crippen molar-refractivity contribution in [2.24, 2.45) is 0 Å². The summed E-state index contributed by atoms with van der Waals surface area (Å²) in [5, 5.41) is 22.8. The summed E-state index contributed by atoms with van der Waals surface area (Å²) in [7, 11) is 1.85. The van der Waals surface area contributed by atoms with Crippen LogP contribution in [-0.2, 0) is 6.42 Å². The second-order valence-electron chi connectivity index (χ2n) is 4.93. The third-order valence-corrected chi connectivity index (χ3v) is 4.30. The first kappa shape index (κ1) is 15.5. The molecule has 1 aromatic heterocycles. The Morgan fingerprint density at radius 2 is 2.19 bits per heavy atom. The summed E-state index contributed by atoms with van der Waals surface area (Å²) in [5.41, 5.74) is 1.15. The Hall–Kier alpha value is -1.92. The highest BCUT2D eigenvalue weighted by Crippen LogP contribution is 2.30. The number of hydrogen-bond donors (Lipinski definition) is 1. The fourth-order valence-corrected chi connectivity index (χ4v) is 2.82. The number of aliphatic hydroxyl groups is 1. The number of thiophene rings is 1. The molecule has 112 valence electrons. The van der Waals surface area contributed by atoms with E-state index in [4.69, 9.17) is 0 Å². The number of likely N-dealkylation sites (N-methyl/N-ethyl adjacent to an activating group) is 1. The summed E-state index contributed by atoms with van der Waals surface area (Å²) < 4.78 is 0. The summed E-state index contributed by atoms with van der Waals surface area (Å²) in [5.74, 6) is 0. The Bertz CT molecular complexity index is 611. The zero-order valence-corrected chi connectivity index (χ0v) is 12.8. The monoisotopic (exact) mass is 306 g/mol. The van der Waals surface area contributed by atoms with Gasteiger partial charge in [0.15, 0.2) is 0 Å². The second-order valence-corrected chi connectivity index (χ2v) is 5.96. The first-order valence-corrected chi connectivity index (χ1v) is 7.57. The Balaban J connectivity index is 2.19. The van der Waals surface area contributed by atoms with Gasteiger partial charge in [-0.15, -0.1) is 11.3 Å². The minimum Gasteiger partial charge on any atom is -0.389 e. The van der Waals surface area contributed by atoms with Gasteiger partial charge in [0.2, 0.25) is 0 Å². The molecule has 1 N–H and O–H groups in total. The lowest BCUT2D eigenvalue weighted by Crippen LogP contribution is -2.21. The predicted molar refractivity (Wildman–Crippen MR) is 85.0 cm³/mol. The highest BCUT2D eigenvalue weighted by molar-refractivity contribution is 7.09. The first-order chi connectivity index (χ1) is 9.99. The summed E-state index contributed by atoms with van der Waals surface area (Å²) in [6.07, 6.45) is 0.137. The fraction of sp³-hybridized carbons (Fsp3) is 0.333. The van der Waals surface area contributed by atoms with Crippen LogP contribution in [0.5, 0.6) is 0 Å². The van der Waals surface area contributed by atoms with E-state index in [9.17, 15) is 15.2 Å². The molecule has 0 aliphatic heterocycles. The van der Waals surface area contributed by atoms with Crippen LogP contribution in [0.2, 0.25) is 0 Å². The molecule has 0 aliphatic carbocycles. The molecule has 0 saturated heterocycles. The minimum absolute atomic E-state index is 0.0297. The molecule has 0 saturated carbocycles. The normalized spacial score (nSPS) is 12.1. The van der Waals surface area contributed by atoms with Gasteiger partial charge in [-0.3, -0.25) is 10.1 Å². The lowest BCUT2D eigenvalue weighted by molar-refractivity contribution is -0.384. The third-order valence-electron chi connectivity index (χ3n) is 3.36. The van der Waals surface area contributed by atoms with Crippen molar-refractivity contribution in [3.8, 4) is 0 Å². The number of rotatable bonds is 6. The maximum Gasteiger partial charge on any atom is 0.292 e. The molecular weight excluding hydrogens is 288 g/mol. The lowest BCUT2D eigenvalue weighted by Gasteiger charge is -2.19. The van der Waals surface area contributed by atoms with Crippen LogP contribution in [0.4, 0.5) is 11.4 Å². The van der Waals surface area contributed by atoms with E-state index in [1.54, 1.807) is 30.4 Å². The lowest BCUT2D eigenvalue weighted by atomic mass is 10.1. The predicted octanol–water partition coefficient (Wildman–Crippen LogP) is 3.39. The van der Waals surface area contributed by atoms with Crippen molar-refractivity contribution in [3.05, 3.63) is 56.3 Å². The molecule has 1 atom stereocenters. The summed E-state index contributed by atoms with van der Waals surface area (Å²) >= 11 is 1.68. The molecule has 0 amide bonds. The van der Waals surface area contributed by atoms with Crippen LogP contribution in [0.3, 0.4) is 0 Å². The fourth-order valence-electron chi connectivity index (χ4n) is 2.12. The van der Waals surface area contributed by atoms with Crippen molar-refractivity contribution in [2.75, 3.05) is 18.5 Å². The molecule has 0 unspecified atom stereocenters. The number of benzene rings is 1. The Kier molecular flexibility index (Phi) is 4.93. The first-order valence-electron chi connectivity index (χ1n) is 6.69. The van der Waals surface area contributed by atoms with Gasteiger partial charge in [0.25, 0.3) is 5.69 Å². The molecule has 2 aromatic rings. The van der Waals surface area contributed by atoms with E-state index in [1.165, 1.54) is 10.9 Å². The molecule has 0 bridgehead atoms. The van der Waals surface area contributed by atoms with E-state index in [0.717, 1.165) is 6.42 Å². The maximum absolute atomic E-state index is 11.2. The summed E-state index contributed by atoms with van der Waals surface area (Å²) in [4.78, 5) is 14.0. The quantitative estimate of drug-likeness (QED) is 0.656. The van der Waals surface area contributed by atoms with Crippen LogP contribution >= 0.6 is 11.3 Å². The average molecular weight is 306 g/mol. The third kappa shape index (κ3) is 3.80. The van der Waals surface area contributed by atoms with Crippen LogP contribution in [0.25, 0.3) is 0 Å². The van der Waals surface area contributed by atoms with Gasteiger partial charge in [0, 0.05) is 24.5 Å². The molecule has 2 rings (SSSR count). The second kappa shape index (κ2) is 6.69. The van der Waals surface area contributed by atoms with Gasteiger partial charge in [-0.25, -0.2) is 0 Å². The molecule has 5 nitrogen and oxygen atoms in total. The Labute approximate surface area is 127 Å². The molecule has 1 heterocycles. The highest BCUT2D eigenvalue weighted by Gasteiger charge is 2.19. The number of nitro benzene ring substituents is 1. The Morgan fingerprint density at radius 1 is 1.43 bits per heavy atom.